The minimum atomic E-state index is -0.229. The molecule has 0 atom stereocenters. The summed E-state index contributed by atoms with van der Waals surface area (Å²) in [7, 11) is 1.62. The number of nitrogens with one attached hydrogen (secondary N) is 2. The third-order valence-corrected chi connectivity index (χ3v) is 5.38. The third-order valence-electron chi connectivity index (χ3n) is 4.06. The Morgan fingerprint density at radius 3 is 2.57 bits per heavy atom. The van der Waals surface area contributed by atoms with Crippen LogP contribution in [0.25, 0.3) is 0 Å². The molecular weight excluding hydrogens is 374 g/mol. The molecule has 2 N–H and O–H groups in total. The highest BCUT2D eigenvalue weighted by Crippen LogP contribution is 2.28. The molecule has 1 aromatic heterocycles. The standard InChI is InChI=1S/C21H31N3O3S/c1-6-7-10-27-17-9-8-15(11-18(17)26-5)12-22-20(25)23-13-16-14-28-19(24-16)21(2,3)4/h8-9,11,14H,6-7,10,12-13H2,1-5H3,(H2,22,23,25). The summed E-state index contributed by atoms with van der Waals surface area (Å²) >= 11 is 1.62. The van der Waals surface area contributed by atoms with Crippen molar-refractivity contribution >= 4 is 17.4 Å². The lowest BCUT2D eigenvalue weighted by atomic mass is 9.98. The Morgan fingerprint density at radius 2 is 1.93 bits per heavy atom. The number of hydrogen-bond acceptors (Lipinski definition) is 5. The number of rotatable bonds is 9. The molecule has 0 saturated carbocycles. The van der Waals surface area contributed by atoms with Crippen molar-refractivity contribution in [1.29, 1.82) is 0 Å². The van der Waals surface area contributed by atoms with E-state index in [0.717, 1.165) is 34.9 Å². The lowest BCUT2D eigenvalue weighted by molar-refractivity contribution is 0.240. The molecule has 1 heterocycles. The summed E-state index contributed by atoms with van der Waals surface area (Å²) in [6.07, 6.45) is 2.08. The number of urea groups is 1. The zero-order valence-corrected chi connectivity index (χ0v) is 18.2. The van der Waals surface area contributed by atoms with E-state index in [4.69, 9.17) is 9.47 Å². The molecule has 0 aliphatic heterocycles. The van der Waals surface area contributed by atoms with Crippen LogP contribution in [-0.4, -0.2) is 24.7 Å². The number of benzene rings is 1. The minimum Gasteiger partial charge on any atom is -0.493 e. The number of carbonyl (C=O) groups excluding carboxylic acids is 1. The van der Waals surface area contributed by atoms with Crippen LogP contribution >= 0.6 is 11.3 Å². The van der Waals surface area contributed by atoms with Crippen LogP contribution in [0.1, 0.15) is 56.8 Å². The van der Waals surface area contributed by atoms with Crippen molar-refractivity contribution in [3.8, 4) is 11.5 Å². The van der Waals surface area contributed by atoms with Crippen LogP contribution < -0.4 is 20.1 Å². The minimum absolute atomic E-state index is 0.0245. The number of thiazole rings is 1. The molecule has 6 nitrogen and oxygen atoms in total. The number of aromatic nitrogens is 1. The maximum Gasteiger partial charge on any atom is 0.315 e. The Balaban J connectivity index is 1.82. The van der Waals surface area contributed by atoms with Gasteiger partial charge in [0, 0.05) is 17.3 Å². The average molecular weight is 406 g/mol. The fraction of sp³-hybridized carbons (Fsp3) is 0.524. The highest BCUT2D eigenvalue weighted by Gasteiger charge is 2.18. The van der Waals surface area contributed by atoms with Gasteiger partial charge < -0.3 is 20.1 Å². The van der Waals surface area contributed by atoms with E-state index in [1.807, 2.05) is 23.6 Å². The van der Waals surface area contributed by atoms with Crippen LogP contribution in [0, 0.1) is 0 Å². The van der Waals surface area contributed by atoms with Crippen LogP contribution in [0.4, 0.5) is 4.79 Å². The summed E-state index contributed by atoms with van der Waals surface area (Å²) in [5.74, 6) is 1.40. The SMILES string of the molecule is CCCCOc1ccc(CNC(=O)NCc2csc(C(C)(C)C)n2)cc1OC. The first-order chi connectivity index (χ1) is 13.3. The van der Waals surface area contributed by atoms with E-state index in [9.17, 15) is 4.79 Å². The third kappa shape index (κ3) is 6.71. The molecule has 7 heteroatoms. The second-order valence-electron chi connectivity index (χ2n) is 7.62. The number of amides is 2. The monoisotopic (exact) mass is 405 g/mol. The van der Waals surface area contributed by atoms with E-state index in [1.54, 1.807) is 18.4 Å². The molecule has 2 aromatic rings. The first-order valence-corrected chi connectivity index (χ1v) is 10.5. The molecule has 0 unspecified atom stereocenters. The Hall–Kier alpha value is -2.28. The molecule has 2 rings (SSSR count). The quantitative estimate of drug-likeness (QED) is 0.597. The molecule has 0 radical (unpaired) electrons. The number of ether oxygens (including phenoxy) is 2. The molecular formula is C21H31N3O3S. The smallest absolute Gasteiger partial charge is 0.315 e. The molecule has 28 heavy (non-hydrogen) atoms. The first kappa shape index (κ1) is 22.0. The summed E-state index contributed by atoms with van der Waals surface area (Å²) in [6, 6.07) is 5.47. The lowest BCUT2D eigenvalue weighted by Gasteiger charge is -2.13. The summed E-state index contributed by atoms with van der Waals surface area (Å²) in [5.41, 5.74) is 1.84. The van der Waals surface area contributed by atoms with Gasteiger partial charge in [-0.2, -0.15) is 0 Å². The van der Waals surface area contributed by atoms with Gasteiger partial charge in [0.2, 0.25) is 0 Å². The number of methoxy groups -OCH3 is 1. The lowest BCUT2D eigenvalue weighted by Crippen LogP contribution is -2.34. The molecule has 0 saturated heterocycles. The van der Waals surface area contributed by atoms with Crippen molar-refractivity contribution in [2.45, 2.75) is 59.0 Å². The number of carbonyl (C=O) groups is 1. The van der Waals surface area contributed by atoms with Gasteiger partial charge in [-0.15, -0.1) is 11.3 Å². The van der Waals surface area contributed by atoms with E-state index in [1.165, 1.54) is 0 Å². The Labute approximate surface area is 171 Å². The molecule has 2 amide bonds. The predicted molar refractivity (Wildman–Crippen MR) is 113 cm³/mol. The van der Waals surface area contributed by atoms with Crippen molar-refractivity contribution in [2.75, 3.05) is 13.7 Å². The number of nitrogens with zero attached hydrogens (tertiary/aromatic N) is 1. The van der Waals surface area contributed by atoms with Crippen molar-refractivity contribution in [3.63, 3.8) is 0 Å². The summed E-state index contributed by atoms with van der Waals surface area (Å²) in [5, 5.41) is 8.76. The normalized spacial score (nSPS) is 11.2. The van der Waals surface area contributed by atoms with Crippen molar-refractivity contribution in [3.05, 3.63) is 39.8 Å². The summed E-state index contributed by atoms with van der Waals surface area (Å²) in [4.78, 5) is 16.7. The second kappa shape index (κ2) is 10.3. The van der Waals surface area contributed by atoms with Gasteiger partial charge in [-0.25, -0.2) is 9.78 Å². The van der Waals surface area contributed by atoms with Crippen LogP contribution in [0.2, 0.25) is 0 Å². The van der Waals surface area contributed by atoms with E-state index in [2.05, 4.69) is 43.3 Å². The molecule has 0 spiro atoms. The maximum atomic E-state index is 12.1. The molecule has 0 aliphatic rings. The molecule has 0 bridgehead atoms. The predicted octanol–water partition coefficient (Wildman–Crippen LogP) is 4.63. The fourth-order valence-corrected chi connectivity index (χ4v) is 3.32. The molecule has 0 fully saturated rings. The second-order valence-corrected chi connectivity index (χ2v) is 8.48. The van der Waals surface area contributed by atoms with Crippen molar-refractivity contribution in [2.24, 2.45) is 0 Å². The largest absolute Gasteiger partial charge is 0.493 e. The molecule has 1 aromatic carbocycles. The van der Waals surface area contributed by atoms with Gasteiger partial charge in [-0.1, -0.05) is 40.2 Å². The van der Waals surface area contributed by atoms with Crippen LogP contribution in [0.15, 0.2) is 23.6 Å². The van der Waals surface area contributed by atoms with E-state index in [-0.39, 0.29) is 11.4 Å². The zero-order chi connectivity index (χ0) is 20.6. The fourth-order valence-electron chi connectivity index (χ4n) is 2.42. The zero-order valence-electron chi connectivity index (χ0n) is 17.4. The van der Waals surface area contributed by atoms with Crippen LogP contribution in [0.3, 0.4) is 0 Å². The summed E-state index contributed by atoms with van der Waals surface area (Å²) < 4.78 is 11.1. The van der Waals surface area contributed by atoms with Crippen LogP contribution in [-0.2, 0) is 18.5 Å². The average Bonchev–Trinajstić information content (AvgIpc) is 3.15. The van der Waals surface area contributed by atoms with Gasteiger partial charge >= 0.3 is 6.03 Å². The Bertz CT molecular complexity index is 768. The van der Waals surface area contributed by atoms with Gasteiger partial charge in [-0.05, 0) is 24.1 Å². The number of unbranched alkanes of at least 4 members (excludes halogenated alkanes) is 1. The first-order valence-electron chi connectivity index (χ1n) is 9.59. The maximum absolute atomic E-state index is 12.1. The van der Waals surface area contributed by atoms with Gasteiger partial charge in [0.1, 0.15) is 0 Å². The topological polar surface area (TPSA) is 72.5 Å². The van der Waals surface area contributed by atoms with E-state index in [0.29, 0.717) is 25.4 Å². The van der Waals surface area contributed by atoms with Crippen LogP contribution in [0.5, 0.6) is 11.5 Å². The Kier molecular flexibility index (Phi) is 8.11. The van der Waals surface area contributed by atoms with Crippen molar-refractivity contribution < 1.29 is 14.3 Å². The van der Waals surface area contributed by atoms with Gasteiger partial charge in [0.05, 0.1) is 31.0 Å². The number of hydrogen-bond donors (Lipinski definition) is 2. The van der Waals surface area contributed by atoms with Gasteiger partial charge in [-0.3, -0.25) is 0 Å². The van der Waals surface area contributed by atoms with Gasteiger partial charge in [0.25, 0.3) is 0 Å². The highest BCUT2D eigenvalue weighted by atomic mass is 32.1. The highest BCUT2D eigenvalue weighted by molar-refractivity contribution is 7.09. The van der Waals surface area contributed by atoms with Crippen molar-refractivity contribution in [1.82, 2.24) is 15.6 Å². The van der Waals surface area contributed by atoms with E-state index < -0.39 is 0 Å². The Morgan fingerprint density at radius 1 is 1.18 bits per heavy atom. The summed E-state index contributed by atoms with van der Waals surface area (Å²) in [6.45, 7) is 9.99. The van der Waals surface area contributed by atoms with Gasteiger partial charge in [0.15, 0.2) is 11.5 Å². The van der Waals surface area contributed by atoms with E-state index >= 15 is 0 Å². The molecule has 154 valence electrons. The molecule has 0 aliphatic carbocycles.